The van der Waals surface area contributed by atoms with Crippen molar-refractivity contribution in [2.24, 2.45) is 10.4 Å². The molecule has 0 radical (unpaired) electrons. The number of nitrogens with zero attached hydrogens (tertiary/aromatic N) is 2. The molecule has 2 aromatic carbocycles. The van der Waals surface area contributed by atoms with E-state index < -0.39 is 12.2 Å². The van der Waals surface area contributed by atoms with E-state index in [0.717, 1.165) is 0 Å². The molecule has 0 bridgehead atoms. The third-order valence-corrected chi connectivity index (χ3v) is 3.18. The van der Waals surface area contributed by atoms with Crippen molar-refractivity contribution in [3.05, 3.63) is 69.5 Å². The van der Waals surface area contributed by atoms with Crippen LogP contribution in [-0.4, -0.2) is 0 Å². The minimum Gasteiger partial charge on any atom is -0.340 e. The third kappa shape index (κ3) is 3.88. The van der Waals surface area contributed by atoms with Gasteiger partial charge in [0.2, 0.25) is 0 Å². The number of rotatable bonds is 6. The van der Waals surface area contributed by atoms with Crippen LogP contribution in [0.4, 0.5) is 11.4 Å². The molecule has 2 rings (SSSR count). The first-order valence-electron chi connectivity index (χ1n) is 6.66. The Kier molecular flexibility index (Phi) is 5.35. The first kappa shape index (κ1) is 16.1. The van der Waals surface area contributed by atoms with E-state index in [1.54, 1.807) is 48.5 Å². The summed E-state index contributed by atoms with van der Waals surface area (Å²) in [7, 11) is 0. The van der Waals surface area contributed by atoms with Crippen LogP contribution in [0.2, 0.25) is 0 Å². The largest absolute Gasteiger partial charge is 0.340 e. The van der Waals surface area contributed by atoms with E-state index in [-0.39, 0.29) is 0 Å². The predicted molar refractivity (Wildman–Crippen MR) is 88.0 cm³/mol. The lowest BCUT2D eigenvalue weighted by Crippen LogP contribution is -2.07. The Morgan fingerprint density at radius 2 is 1.09 bits per heavy atom. The van der Waals surface area contributed by atoms with Crippen LogP contribution in [0.25, 0.3) is 0 Å². The van der Waals surface area contributed by atoms with Crippen molar-refractivity contribution in [1.82, 2.24) is 0 Å². The highest BCUT2D eigenvalue weighted by molar-refractivity contribution is 5.42. The van der Waals surface area contributed by atoms with Crippen LogP contribution in [0.5, 0.6) is 0 Å². The normalized spacial score (nSPS) is 12.4. The number of hydrogen-bond donors (Lipinski definition) is 0. The fourth-order valence-electron chi connectivity index (χ4n) is 1.98. The number of benzene rings is 2. The Balaban J connectivity index is 2.20. The molecule has 112 valence electrons. The lowest BCUT2D eigenvalue weighted by molar-refractivity contribution is 0.0516. The Hall–Kier alpha value is -3.28. The zero-order valence-corrected chi connectivity index (χ0v) is 12.0. The van der Waals surface area contributed by atoms with Gasteiger partial charge in [0.1, 0.15) is 23.6 Å². The quantitative estimate of drug-likeness (QED) is 0.581. The highest BCUT2D eigenvalue weighted by atomic mass is 16.5. The summed E-state index contributed by atoms with van der Waals surface area (Å²) in [4.78, 5) is 20.9. The molecule has 2 unspecified atom stereocenters. The van der Waals surface area contributed by atoms with Gasteiger partial charge in [-0.25, -0.2) is 0 Å². The molecule has 23 heavy (non-hydrogen) atoms. The fraction of sp³-hybridized carbons (Fsp3) is 0.111. The van der Waals surface area contributed by atoms with Gasteiger partial charge in [0.15, 0.2) is 0 Å². The van der Waals surface area contributed by atoms with Crippen molar-refractivity contribution in [3.8, 4) is 24.7 Å². The van der Waals surface area contributed by atoms with Crippen LogP contribution < -0.4 is 0 Å². The van der Waals surface area contributed by atoms with Crippen LogP contribution >= 0.6 is 0 Å². The van der Waals surface area contributed by atoms with Crippen LogP contribution in [0.15, 0.2) is 58.9 Å². The fourth-order valence-corrected chi connectivity index (χ4v) is 1.98. The molecule has 0 saturated carbocycles. The summed E-state index contributed by atoms with van der Waals surface area (Å²) in [5, 5.41) is 5.66. The molecule has 0 aromatic heterocycles. The molecule has 2 atom stereocenters. The molecule has 0 N–H and O–H groups in total. The van der Waals surface area contributed by atoms with Gasteiger partial charge in [-0.1, -0.05) is 36.1 Å². The van der Waals surface area contributed by atoms with Crippen LogP contribution in [0, 0.1) is 34.5 Å². The van der Waals surface area contributed by atoms with Gasteiger partial charge in [-0.05, 0) is 45.7 Å². The maximum atomic E-state index is 10.4. The zero-order chi connectivity index (χ0) is 16.7. The number of ether oxygens (including phenoxy) is 1. The van der Waals surface area contributed by atoms with Crippen molar-refractivity contribution in [2.45, 2.75) is 12.2 Å². The van der Waals surface area contributed by atoms with Crippen molar-refractivity contribution < 1.29 is 4.74 Å². The van der Waals surface area contributed by atoms with E-state index in [2.05, 4.69) is 22.2 Å². The molecular weight excluding hydrogens is 292 g/mol. The molecule has 0 aliphatic carbocycles. The minimum atomic E-state index is -0.680. The first-order valence-corrected chi connectivity index (χ1v) is 6.66. The van der Waals surface area contributed by atoms with Crippen LogP contribution in [0.3, 0.4) is 0 Å². The molecule has 0 saturated heterocycles. The Bertz CT molecular complexity index is 700. The molecule has 0 fully saturated rings. The SMILES string of the molecule is C#CC(OC(C#C)c1ccc(N=O)cc1)c1ccc(N=O)cc1. The van der Waals surface area contributed by atoms with E-state index in [0.29, 0.717) is 22.5 Å². The molecule has 5 heteroatoms. The van der Waals surface area contributed by atoms with Crippen LogP contribution in [0.1, 0.15) is 23.3 Å². The highest BCUT2D eigenvalue weighted by Crippen LogP contribution is 2.28. The molecule has 0 spiro atoms. The summed E-state index contributed by atoms with van der Waals surface area (Å²) in [5.41, 5.74) is 1.97. The van der Waals surface area contributed by atoms with Gasteiger partial charge in [-0.2, -0.15) is 0 Å². The monoisotopic (exact) mass is 304 g/mol. The topological polar surface area (TPSA) is 68.1 Å². The molecule has 5 nitrogen and oxygen atoms in total. The summed E-state index contributed by atoms with van der Waals surface area (Å²) < 4.78 is 5.78. The first-order chi connectivity index (χ1) is 11.2. The second-order valence-corrected chi connectivity index (χ2v) is 4.60. The second-order valence-electron chi connectivity index (χ2n) is 4.60. The predicted octanol–water partition coefficient (Wildman–Crippen LogP) is 4.55. The molecular formula is C18H12N2O3. The molecule has 2 aromatic rings. The molecule has 0 heterocycles. The maximum Gasteiger partial charge on any atom is 0.145 e. The summed E-state index contributed by atoms with van der Waals surface area (Å²) in [6.07, 6.45) is 9.67. The van der Waals surface area contributed by atoms with Gasteiger partial charge in [0.05, 0.1) is 0 Å². The van der Waals surface area contributed by atoms with Crippen molar-refractivity contribution in [3.63, 3.8) is 0 Å². The Morgan fingerprint density at radius 3 is 1.35 bits per heavy atom. The van der Waals surface area contributed by atoms with E-state index in [1.807, 2.05) is 0 Å². The van der Waals surface area contributed by atoms with Gasteiger partial charge in [0.25, 0.3) is 0 Å². The second kappa shape index (κ2) is 7.65. The van der Waals surface area contributed by atoms with Gasteiger partial charge in [-0.15, -0.1) is 22.7 Å². The highest BCUT2D eigenvalue weighted by Gasteiger charge is 2.17. The van der Waals surface area contributed by atoms with E-state index in [9.17, 15) is 9.81 Å². The molecule has 0 aliphatic rings. The van der Waals surface area contributed by atoms with Gasteiger partial charge >= 0.3 is 0 Å². The van der Waals surface area contributed by atoms with Gasteiger partial charge in [0, 0.05) is 0 Å². The summed E-state index contributed by atoms with van der Waals surface area (Å²) in [6, 6.07) is 12.8. The lowest BCUT2D eigenvalue weighted by atomic mass is 10.1. The van der Waals surface area contributed by atoms with Crippen molar-refractivity contribution >= 4 is 11.4 Å². The van der Waals surface area contributed by atoms with E-state index >= 15 is 0 Å². The minimum absolute atomic E-state index is 0.301. The summed E-state index contributed by atoms with van der Waals surface area (Å²) in [5.74, 6) is 5.04. The Labute approximate surface area is 133 Å². The zero-order valence-electron chi connectivity index (χ0n) is 12.0. The van der Waals surface area contributed by atoms with Gasteiger partial charge < -0.3 is 4.74 Å². The van der Waals surface area contributed by atoms with Gasteiger partial charge in [-0.3, -0.25) is 0 Å². The van der Waals surface area contributed by atoms with E-state index in [4.69, 9.17) is 17.6 Å². The summed E-state index contributed by atoms with van der Waals surface area (Å²) in [6.45, 7) is 0. The molecule has 0 aliphatic heterocycles. The summed E-state index contributed by atoms with van der Waals surface area (Å²) >= 11 is 0. The number of nitroso groups, excluding NO2 is 2. The lowest BCUT2D eigenvalue weighted by Gasteiger charge is -2.18. The average molecular weight is 304 g/mol. The maximum absolute atomic E-state index is 10.4. The standard InChI is InChI=1S/C18H12N2O3/c1-3-17(13-5-9-15(19-21)10-6-13)23-18(4-2)14-7-11-16(20-22)12-8-14/h1-2,5-12,17-18H. The molecule has 0 amide bonds. The Morgan fingerprint density at radius 1 is 0.739 bits per heavy atom. The third-order valence-electron chi connectivity index (χ3n) is 3.18. The van der Waals surface area contributed by atoms with Crippen molar-refractivity contribution in [1.29, 1.82) is 0 Å². The number of hydrogen-bond acceptors (Lipinski definition) is 5. The van der Waals surface area contributed by atoms with Crippen molar-refractivity contribution in [2.75, 3.05) is 0 Å². The smallest absolute Gasteiger partial charge is 0.145 e. The van der Waals surface area contributed by atoms with Crippen LogP contribution in [-0.2, 0) is 4.74 Å². The average Bonchev–Trinajstić information content (AvgIpc) is 2.63. The van der Waals surface area contributed by atoms with E-state index in [1.165, 1.54) is 0 Å². The number of terminal acetylenes is 2.